The van der Waals surface area contributed by atoms with Crippen LogP contribution in [0, 0.1) is 0 Å². The van der Waals surface area contributed by atoms with Crippen LogP contribution in [0.4, 0.5) is 0 Å². The molecule has 0 amide bonds. The highest BCUT2D eigenvalue weighted by Crippen LogP contribution is 2.25. The van der Waals surface area contributed by atoms with Crippen molar-refractivity contribution in [2.45, 2.75) is 6.42 Å². The van der Waals surface area contributed by atoms with Gasteiger partial charge in [-0.05, 0) is 33.6 Å². The molecule has 0 aromatic heterocycles. The average molecular weight is 244 g/mol. The molecule has 0 heterocycles. The van der Waals surface area contributed by atoms with Crippen LogP contribution >= 0.6 is 15.9 Å². The minimum absolute atomic E-state index is 0.0936. The van der Waals surface area contributed by atoms with Gasteiger partial charge in [-0.1, -0.05) is 6.07 Å². The summed E-state index contributed by atoms with van der Waals surface area (Å²) in [6, 6.07) is 5.12. The van der Waals surface area contributed by atoms with Gasteiger partial charge in [0.05, 0.1) is 11.6 Å². The van der Waals surface area contributed by atoms with Gasteiger partial charge in [-0.3, -0.25) is 0 Å². The molecular weight excluding hydrogens is 236 g/mol. The summed E-state index contributed by atoms with van der Waals surface area (Å²) in [6.07, 6.45) is -0.0936. The number of rotatable bonds is 3. The van der Waals surface area contributed by atoms with Crippen molar-refractivity contribution in [1.82, 2.24) is 0 Å². The highest BCUT2D eigenvalue weighted by atomic mass is 79.9. The van der Waals surface area contributed by atoms with E-state index < -0.39 is 5.97 Å². The number of carbonyl (C=O) groups excluding carboxylic acids is 1. The molecule has 0 saturated heterocycles. The van der Waals surface area contributed by atoms with E-state index in [2.05, 4.69) is 15.9 Å². The summed E-state index contributed by atoms with van der Waals surface area (Å²) in [7, 11) is 1.53. The van der Waals surface area contributed by atoms with Gasteiger partial charge >= 0.3 is 0 Å². The van der Waals surface area contributed by atoms with Gasteiger partial charge in [0, 0.05) is 12.4 Å². The van der Waals surface area contributed by atoms with E-state index >= 15 is 0 Å². The molecule has 4 heteroatoms. The van der Waals surface area contributed by atoms with Gasteiger partial charge in [-0.15, -0.1) is 0 Å². The molecule has 0 fully saturated rings. The lowest BCUT2D eigenvalue weighted by atomic mass is 10.1. The Kier molecular flexibility index (Phi) is 3.31. The van der Waals surface area contributed by atoms with E-state index in [0.29, 0.717) is 11.3 Å². The molecule has 0 unspecified atom stereocenters. The number of carboxylic acids is 1. The first-order valence-corrected chi connectivity index (χ1v) is 4.45. The van der Waals surface area contributed by atoms with Crippen molar-refractivity contribution in [3.8, 4) is 5.75 Å². The molecule has 0 spiro atoms. The standard InChI is InChI=1S/C9H9BrO3/c1-13-8-4-6(5-9(11)12)2-3-7(8)10/h2-4H,5H2,1H3,(H,11,12)/p-1. The van der Waals surface area contributed by atoms with E-state index in [0.717, 1.165) is 4.47 Å². The Morgan fingerprint density at radius 1 is 1.62 bits per heavy atom. The number of carbonyl (C=O) groups is 1. The van der Waals surface area contributed by atoms with Crippen LogP contribution in [0.2, 0.25) is 0 Å². The SMILES string of the molecule is COc1cc(CC(=O)[O-])ccc1Br. The molecule has 3 nitrogen and oxygen atoms in total. The summed E-state index contributed by atoms with van der Waals surface area (Å²) in [6.45, 7) is 0. The number of halogens is 1. The Bertz CT molecular complexity index is 323. The van der Waals surface area contributed by atoms with Crippen LogP contribution in [0.1, 0.15) is 5.56 Å². The van der Waals surface area contributed by atoms with E-state index in [1.165, 1.54) is 7.11 Å². The monoisotopic (exact) mass is 243 g/mol. The molecule has 0 saturated carbocycles. The summed E-state index contributed by atoms with van der Waals surface area (Å²) in [5.41, 5.74) is 0.667. The van der Waals surface area contributed by atoms with Gasteiger partial charge in [0.2, 0.25) is 0 Å². The van der Waals surface area contributed by atoms with Crippen molar-refractivity contribution in [1.29, 1.82) is 0 Å². The van der Waals surface area contributed by atoms with E-state index in [4.69, 9.17) is 4.74 Å². The summed E-state index contributed by atoms with van der Waals surface area (Å²) in [5, 5.41) is 10.3. The number of aliphatic carboxylic acids is 1. The van der Waals surface area contributed by atoms with Crippen LogP contribution in [0.15, 0.2) is 22.7 Å². The minimum Gasteiger partial charge on any atom is -0.550 e. The maximum absolute atomic E-state index is 10.3. The van der Waals surface area contributed by atoms with E-state index in [1.807, 2.05) is 0 Å². The Hall–Kier alpha value is -1.03. The van der Waals surface area contributed by atoms with Crippen LogP contribution in [0.3, 0.4) is 0 Å². The van der Waals surface area contributed by atoms with E-state index in [-0.39, 0.29) is 6.42 Å². The fourth-order valence-electron chi connectivity index (χ4n) is 0.981. The molecule has 70 valence electrons. The minimum atomic E-state index is -1.09. The van der Waals surface area contributed by atoms with Crippen molar-refractivity contribution in [3.63, 3.8) is 0 Å². The van der Waals surface area contributed by atoms with Crippen LogP contribution in [-0.2, 0) is 11.2 Å². The number of benzene rings is 1. The second kappa shape index (κ2) is 4.28. The van der Waals surface area contributed by atoms with Crippen LogP contribution in [-0.4, -0.2) is 13.1 Å². The zero-order chi connectivity index (χ0) is 9.84. The number of methoxy groups -OCH3 is 1. The quantitative estimate of drug-likeness (QED) is 0.788. The Morgan fingerprint density at radius 2 is 2.31 bits per heavy atom. The molecule has 1 aromatic carbocycles. The van der Waals surface area contributed by atoms with Crippen molar-refractivity contribution in [2.75, 3.05) is 7.11 Å². The summed E-state index contributed by atoms with van der Waals surface area (Å²) in [4.78, 5) is 10.3. The van der Waals surface area contributed by atoms with Gasteiger partial charge < -0.3 is 14.6 Å². The van der Waals surface area contributed by atoms with Crippen molar-refractivity contribution in [2.24, 2.45) is 0 Å². The highest BCUT2D eigenvalue weighted by molar-refractivity contribution is 9.10. The summed E-state index contributed by atoms with van der Waals surface area (Å²) < 4.78 is 5.81. The molecule has 0 aliphatic carbocycles. The van der Waals surface area contributed by atoms with Crippen LogP contribution < -0.4 is 9.84 Å². The number of hydrogen-bond acceptors (Lipinski definition) is 3. The lowest BCUT2D eigenvalue weighted by molar-refractivity contribution is -0.304. The smallest absolute Gasteiger partial charge is 0.133 e. The lowest BCUT2D eigenvalue weighted by Crippen LogP contribution is -2.24. The van der Waals surface area contributed by atoms with Crippen molar-refractivity contribution in [3.05, 3.63) is 28.2 Å². The second-order valence-electron chi connectivity index (χ2n) is 2.52. The van der Waals surface area contributed by atoms with Gasteiger partial charge in [0.1, 0.15) is 5.75 Å². The van der Waals surface area contributed by atoms with Crippen molar-refractivity contribution >= 4 is 21.9 Å². The molecule has 0 atom stereocenters. The van der Waals surface area contributed by atoms with Gasteiger partial charge in [-0.2, -0.15) is 0 Å². The molecule has 13 heavy (non-hydrogen) atoms. The molecule has 1 aromatic rings. The Morgan fingerprint density at radius 3 is 2.85 bits per heavy atom. The van der Waals surface area contributed by atoms with Gasteiger partial charge in [-0.25, -0.2) is 0 Å². The number of hydrogen-bond donors (Lipinski definition) is 0. The third-order valence-corrected chi connectivity index (χ3v) is 2.22. The number of carboxylic acid groups (broad SMARTS) is 1. The predicted octanol–water partition coefficient (Wildman–Crippen LogP) is 0.750. The first-order chi connectivity index (χ1) is 6.13. The molecular formula is C9H8BrO3-. The first-order valence-electron chi connectivity index (χ1n) is 3.65. The normalized spacial score (nSPS) is 9.69. The largest absolute Gasteiger partial charge is 0.550 e. The zero-order valence-electron chi connectivity index (χ0n) is 7.04. The lowest BCUT2D eigenvalue weighted by Gasteiger charge is -2.06. The molecule has 1 rings (SSSR count). The third kappa shape index (κ3) is 2.73. The Balaban J connectivity index is 2.92. The molecule has 0 aliphatic heterocycles. The van der Waals surface area contributed by atoms with Crippen LogP contribution in [0.5, 0.6) is 5.75 Å². The second-order valence-corrected chi connectivity index (χ2v) is 3.37. The summed E-state index contributed by atoms with van der Waals surface area (Å²) in [5.74, 6) is -0.469. The highest BCUT2D eigenvalue weighted by Gasteiger charge is 2.01. The van der Waals surface area contributed by atoms with Crippen LogP contribution in [0.25, 0.3) is 0 Å². The molecule has 0 bridgehead atoms. The van der Waals surface area contributed by atoms with Gasteiger partial charge in [0.15, 0.2) is 0 Å². The maximum atomic E-state index is 10.3. The van der Waals surface area contributed by atoms with Crippen molar-refractivity contribution < 1.29 is 14.6 Å². The molecule has 0 aliphatic rings. The zero-order valence-corrected chi connectivity index (χ0v) is 8.63. The molecule has 0 N–H and O–H groups in total. The fraction of sp³-hybridized carbons (Fsp3) is 0.222. The fourth-order valence-corrected chi connectivity index (χ4v) is 1.39. The topological polar surface area (TPSA) is 49.4 Å². The molecule has 0 radical (unpaired) electrons. The van der Waals surface area contributed by atoms with E-state index in [9.17, 15) is 9.90 Å². The predicted molar refractivity (Wildman–Crippen MR) is 49.4 cm³/mol. The first kappa shape index (κ1) is 10.1. The Labute approximate surface area is 84.5 Å². The number of ether oxygens (including phenoxy) is 1. The van der Waals surface area contributed by atoms with E-state index in [1.54, 1.807) is 18.2 Å². The summed E-state index contributed by atoms with van der Waals surface area (Å²) >= 11 is 3.27. The average Bonchev–Trinajstić information content (AvgIpc) is 2.07. The maximum Gasteiger partial charge on any atom is 0.133 e. The van der Waals surface area contributed by atoms with Gasteiger partial charge in [0.25, 0.3) is 0 Å². The third-order valence-electron chi connectivity index (χ3n) is 1.56.